The lowest BCUT2D eigenvalue weighted by Gasteiger charge is -2.13. The fraction of sp³-hybridized carbons (Fsp3) is 0. The molecular formula is C49H31N3. The van der Waals surface area contributed by atoms with E-state index in [1.807, 2.05) is 0 Å². The maximum atomic E-state index is 5.21. The molecule has 0 amide bonds. The van der Waals surface area contributed by atoms with Crippen molar-refractivity contribution >= 4 is 43.1 Å². The number of aromatic nitrogens is 3. The molecule has 242 valence electrons. The summed E-state index contributed by atoms with van der Waals surface area (Å²) in [6, 6.07) is 66.5. The van der Waals surface area contributed by atoms with Crippen molar-refractivity contribution in [3.63, 3.8) is 0 Å². The molecule has 0 bridgehead atoms. The Morgan fingerprint density at radius 2 is 0.750 bits per heavy atom. The first-order valence-electron chi connectivity index (χ1n) is 17.6. The Kier molecular flexibility index (Phi) is 7.14. The quantitative estimate of drug-likeness (QED) is 0.172. The Morgan fingerprint density at radius 3 is 1.56 bits per heavy atom. The van der Waals surface area contributed by atoms with Crippen molar-refractivity contribution in [1.82, 2.24) is 15.0 Å². The van der Waals surface area contributed by atoms with Crippen molar-refractivity contribution in [3.8, 4) is 56.4 Å². The van der Waals surface area contributed by atoms with Crippen LogP contribution in [0.3, 0.4) is 0 Å². The zero-order valence-electron chi connectivity index (χ0n) is 28.2. The van der Waals surface area contributed by atoms with Crippen LogP contribution >= 0.6 is 0 Å². The van der Waals surface area contributed by atoms with Crippen molar-refractivity contribution < 1.29 is 0 Å². The van der Waals surface area contributed by atoms with Gasteiger partial charge in [-0.25, -0.2) is 15.0 Å². The summed E-state index contributed by atoms with van der Waals surface area (Å²) < 4.78 is 0. The van der Waals surface area contributed by atoms with Gasteiger partial charge in [-0.3, -0.25) is 0 Å². The number of benzene rings is 9. The first kappa shape index (κ1) is 29.9. The molecule has 3 heteroatoms. The second-order valence-corrected chi connectivity index (χ2v) is 13.2. The molecule has 0 N–H and O–H groups in total. The molecule has 10 rings (SSSR count). The molecular weight excluding hydrogens is 631 g/mol. The molecule has 1 aromatic heterocycles. The predicted molar refractivity (Wildman–Crippen MR) is 217 cm³/mol. The van der Waals surface area contributed by atoms with Gasteiger partial charge in [0.25, 0.3) is 0 Å². The van der Waals surface area contributed by atoms with Gasteiger partial charge in [-0.15, -0.1) is 0 Å². The zero-order valence-corrected chi connectivity index (χ0v) is 28.2. The van der Waals surface area contributed by atoms with Gasteiger partial charge in [0.05, 0.1) is 0 Å². The van der Waals surface area contributed by atoms with Gasteiger partial charge in [0.2, 0.25) is 0 Å². The minimum Gasteiger partial charge on any atom is -0.208 e. The average Bonchev–Trinajstić information content (AvgIpc) is 3.23. The van der Waals surface area contributed by atoms with Gasteiger partial charge in [-0.05, 0) is 72.1 Å². The van der Waals surface area contributed by atoms with E-state index >= 15 is 0 Å². The average molecular weight is 662 g/mol. The highest BCUT2D eigenvalue weighted by atomic mass is 15.0. The van der Waals surface area contributed by atoms with E-state index < -0.39 is 0 Å². The second-order valence-electron chi connectivity index (χ2n) is 13.2. The molecule has 1 heterocycles. The smallest absolute Gasteiger partial charge is 0.164 e. The molecule has 0 aliphatic carbocycles. The summed E-state index contributed by atoms with van der Waals surface area (Å²) in [7, 11) is 0. The number of fused-ring (bicyclic) bond motifs is 5. The lowest BCUT2D eigenvalue weighted by atomic mass is 9.95. The first-order valence-corrected chi connectivity index (χ1v) is 17.6. The van der Waals surface area contributed by atoms with Crippen LogP contribution < -0.4 is 0 Å². The summed E-state index contributed by atoms with van der Waals surface area (Å²) in [6.45, 7) is 0. The van der Waals surface area contributed by atoms with E-state index in [9.17, 15) is 0 Å². The molecule has 0 aliphatic rings. The molecule has 3 nitrogen and oxygen atoms in total. The third kappa shape index (κ3) is 5.28. The molecule has 52 heavy (non-hydrogen) atoms. The molecule has 0 radical (unpaired) electrons. The Hall–Kier alpha value is -6.97. The first-order chi connectivity index (χ1) is 25.7. The van der Waals surface area contributed by atoms with E-state index in [1.165, 1.54) is 38.1 Å². The maximum absolute atomic E-state index is 5.21. The molecule has 10 aromatic rings. The molecule has 0 atom stereocenters. The zero-order chi connectivity index (χ0) is 34.4. The normalized spacial score (nSPS) is 11.5. The van der Waals surface area contributed by atoms with E-state index in [4.69, 9.17) is 15.0 Å². The summed E-state index contributed by atoms with van der Waals surface area (Å²) in [5, 5.41) is 9.49. The van der Waals surface area contributed by atoms with Crippen LogP contribution in [0.2, 0.25) is 0 Å². The lowest BCUT2D eigenvalue weighted by Crippen LogP contribution is -2.01. The van der Waals surface area contributed by atoms with Gasteiger partial charge in [-0.1, -0.05) is 176 Å². The minimum atomic E-state index is 0.639. The van der Waals surface area contributed by atoms with Gasteiger partial charge in [0, 0.05) is 22.1 Å². The second kappa shape index (κ2) is 12.4. The van der Waals surface area contributed by atoms with Crippen molar-refractivity contribution in [2.45, 2.75) is 0 Å². The van der Waals surface area contributed by atoms with Crippen molar-refractivity contribution in [2.24, 2.45) is 0 Å². The van der Waals surface area contributed by atoms with Crippen LogP contribution in [0.4, 0.5) is 0 Å². The molecule has 0 saturated heterocycles. The van der Waals surface area contributed by atoms with Crippen LogP contribution in [-0.2, 0) is 0 Å². The summed E-state index contributed by atoms with van der Waals surface area (Å²) >= 11 is 0. The maximum Gasteiger partial charge on any atom is 0.164 e. The number of rotatable bonds is 5. The van der Waals surface area contributed by atoms with Gasteiger partial charge >= 0.3 is 0 Å². The summed E-state index contributed by atoms with van der Waals surface area (Å²) in [5.74, 6) is 1.94. The molecule has 0 unspecified atom stereocenters. The molecule has 0 saturated carbocycles. The van der Waals surface area contributed by atoms with Crippen LogP contribution in [0.25, 0.3) is 99.5 Å². The van der Waals surface area contributed by atoms with E-state index in [0.29, 0.717) is 17.5 Å². The largest absolute Gasteiger partial charge is 0.208 e. The Bertz CT molecular complexity index is 2960. The van der Waals surface area contributed by atoms with Crippen molar-refractivity contribution in [2.75, 3.05) is 0 Å². The minimum absolute atomic E-state index is 0.639. The standard InChI is InChI=1S/C49H31N3/c1-2-13-38-31-41(29-24-32(38)10-1)48-50-47(51-49(52-48)45-21-9-15-37-28-27-35-12-4-6-19-44(35)46(37)45)40-17-7-16-39(30-40)33-22-25-36(26-23-33)43-20-8-14-34-11-3-5-18-42(34)43/h1-31H. The third-order valence-corrected chi connectivity index (χ3v) is 10.1. The topological polar surface area (TPSA) is 38.7 Å². The van der Waals surface area contributed by atoms with Gasteiger partial charge in [-0.2, -0.15) is 0 Å². The van der Waals surface area contributed by atoms with Crippen LogP contribution in [0.15, 0.2) is 188 Å². The van der Waals surface area contributed by atoms with Crippen LogP contribution in [0.1, 0.15) is 0 Å². The highest BCUT2D eigenvalue weighted by Gasteiger charge is 2.16. The molecule has 0 aliphatic heterocycles. The summed E-state index contributed by atoms with van der Waals surface area (Å²) in [6.07, 6.45) is 0. The van der Waals surface area contributed by atoms with Crippen LogP contribution in [-0.4, -0.2) is 15.0 Å². The van der Waals surface area contributed by atoms with E-state index in [2.05, 4.69) is 188 Å². The van der Waals surface area contributed by atoms with Gasteiger partial charge in [0.15, 0.2) is 17.5 Å². The summed E-state index contributed by atoms with van der Waals surface area (Å²) in [5.41, 5.74) is 7.54. The van der Waals surface area contributed by atoms with E-state index in [0.717, 1.165) is 44.0 Å². The molecule has 0 spiro atoms. The van der Waals surface area contributed by atoms with Crippen LogP contribution in [0.5, 0.6) is 0 Å². The van der Waals surface area contributed by atoms with Gasteiger partial charge in [0.1, 0.15) is 0 Å². The fourth-order valence-corrected chi connectivity index (χ4v) is 7.49. The molecule has 9 aromatic carbocycles. The summed E-state index contributed by atoms with van der Waals surface area (Å²) in [4.78, 5) is 15.5. The van der Waals surface area contributed by atoms with E-state index in [-0.39, 0.29) is 0 Å². The Labute approximate surface area is 301 Å². The number of nitrogens with zero attached hydrogens (tertiary/aromatic N) is 3. The SMILES string of the molecule is c1cc(-c2ccc(-c3cccc4ccccc34)cc2)cc(-c2nc(-c3ccc4ccccc4c3)nc(-c3cccc4ccc5ccccc5c34)n2)c1. The fourth-order valence-electron chi connectivity index (χ4n) is 7.49. The van der Waals surface area contributed by atoms with Crippen molar-refractivity contribution in [3.05, 3.63) is 188 Å². The Balaban J connectivity index is 1.12. The highest BCUT2D eigenvalue weighted by molar-refractivity contribution is 6.13. The Morgan fingerprint density at radius 1 is 0.250 bits per heavy atom. The third-order valence-electron chi connectivity index (χ3n) is 10.1. The number of hydrogen-bond donors (Lipinski definition) is 0. The van der Waals surface area contributed by atoms with E-state index in [1.54, 1.807) is 0 Å². The number of hydrogen-bond acceptors (Lipinski definition) is 3. The van der Waals surface area contributed by atoms with Crippen LogP contribution in [0, 0.1) is 0 Å². The van der Waals surface area contributed by atoms with Crippen molar-refractivity contribution in [1.29, 1.82) is 0 Å². The highest BCUT2D eigenvalue weighted by Crippen LogP contribution is 2.36. The lowest BCUT2D eigenvalue weighted by molar-refractivity contribution is 1.08. The predicted octanol–water partition coefficient (Wildman–Crippen LogP) is 12.8. The molecule has 0 fully saturated rings. The monoisotopic (exact) mass is 661 g/mol. The van der Waals surface area contributed by atoms with Gasteiger partial charge < -0.3 is 0 Å².